The maximum Gasteiger partial charge on any atom is 0.356 e. The van der Waals surface area contributed by atoms with E-state index in [9.17, 15) is 15.0 Å². The van der Waals surface area contributed by atoms with Crippen molar-refractivity contribution in [3.05, 3.63) is 41.2 Å². The van der Waals surface area contributed by atoms with Crippen LogP contribution >= 0.6 is 0 Å². The Labute approximate surface area is 123 Å². The Balaban J connectivity index is 2.62. The van der Waals surface area contributed by atoms with E-state index in [0.717, 1.165) is 24.1 Å². The van der Waals surface area contributed by atoms with Gasteiger partial charge < -0.3 is 10.2 Å². The molecule has 0 radical (unpaired) electrons. The molecular formula is C16H20N2O3. The highest BCUT2D eigenvalue weighted by Gasteiger charge is 2.21. The van der Waals surface area contributed by atoms with Gasteiger partial charge in [-0.3, -0.25) is 0 Å². The van der Waals surface area contributed by atoms with Crippen molar-refractivity contribution in [1.82, 2.24) is 9.78 Å². The number of aryl methyl sites for hydroxylation is 1. The van der Waals surface area contributed by atoms with Crippen LogP contribution in [0.15, 0.2) is 24.3 Å². The number of rotatable bonds is 5. The van der Waals surface area contributed by atoms with Crippen molar-refractivity contribution in [2.45, 2.75) is 39.5 Å². The van der Waals surface area contributed by atoms with E-state index in [2.05, 4.69) is 18.9 Å². The fraction of sp³-hybridized carbons (Fsp3) is 0.375. The van der Waals surface area contributed by atoms with Gasteiger partial charge in [0.15, 0.2) is 5.69 Å². The van der Waals surface area contributed by atoms with Gasteiger partial charge in [0, 0.05) is 11.6 Å². The van der Waals surface area contributed by atoms with E-state index in [0.29, 0.717) is 5.69 Å². The number of benzene rings is 1. The molecule has 21 heavy (non-hydrogen) atoms. The lowest BCUT2D eigenvalue weighted by atomic mass is 9.99. The van der Waals surface area contributed by atoms with Gasteiger partial charge in [-0.2, -0.15) is 5.10 Å². The Bertz CT molecular complexity index is 658. The van der Waals surface area contributed by atoms with Crippen LogP contribution in [0.5, 0.6) is 5.75 Å². The van der Waals surface area contributed by atoms with Crippen molar-refractivity contribution >= 4 is 5.97 Å². The number of phenolic OH excluding ortho intramolecular Hbond substituents is 1. The Kier molecular flexibility index (Phi) is 4.31. The van der Waals surface area contributed by atoms with Crippen LogP contribution in [0.3, 0.4) is 0 Å². The summed E-state index contributed by atoms with van der Waals surface area (Å²) in [5, 5.41) is 23.5. The first-order valence-corrected chi connectivity index (χ1v) is 7.11. The lowest BCUT2D eigenvalue weighted by molar-refractivity contribution is 0.0690. The van der Waals surface area contributed by atoms with E-state index in [-0.39, 0.29) is 17.4 Å². The van der Waals surface area contributed by atoms with Gasteiger partial charge in [0.05, 0.1) is 0 Å². The number of phenols is 1. The average Bonchev–Trinajstić information content (AvgIpc) is 2.85. The summed E-state index contributed by atoms with van der Waals surface area (Å²) in [7, 11) is 0. The van der Waals surface area contributed by atoms with Gasteiger partial charge in [-0.1, -0.05) is 19.9 Å². The molecular weight excluding hydrogens is 268 g/mol. The molecule has 112 valence electrons. The molecule has 2 aromatic rings. The van der Waals surface area contributed by atoms with Gasteiger partial charge in [-0.05, 0) is 43.5 Å². The summed E-state index contributed by atoms with van der Waals surface area (Å²) in [6, 6.07) is 6.87. The molecule has 5 nitrogen and oxygen atoms in total. The first-order valence-electron chi connectivity index (χ1n) is 7.11. The van der Waals surface area contributed by atoms with Crippen LogP contribution in [0, 0.1) is 6.92 Å². The van der Waals surface area contributed by atoms with Crippen LogP contribution in [-0.4, -0.2) is 26.0 Å². The number of hydrogen-bond acceptors (Lipinski definition) is 3. The molecule has 1 aromatic heterocycles. The van der Waals surface area contributed by atoms with Crippen molar-refractivity contribution in [2.75, 3.05) is 0 Å². The Morgan fingerprint density at radius 1 is 1.29 bits per heavy atom. The van der Waals surface area contributed by atoms with Crippen LogP contribution in [0.25, 0.3) is 5.69 Å². The standard InChI is InChI=1S/C16H20N2O3/c1-4-11(5-2)14-9-12(16(20)21)17-18(14)13-7-6-10(3)8-15(13)19/h6-9,11,19H,4-5H2,1-3H3,(H,20,21). The number of carboxylic acid groups (broad SMARTS) is 1. The number of carbonyl (C=O) groups is 1. The highest BCUT2D eigenvalue weighted by atomic mass is 16.4. The molecule has 0 aliphatic rings. The largest absolute Gasteiger partial charge is 0.506 e. The molecule has 0 amide bonds. The SMILES string of the molecule is CCC(CC)c1cc(C(=O)O)nn1-c1ccc(C)cc1O. The first-order chi connectivity index (χ1) is 9.97. The molecule has 1 heterocycles. The topological polar surface area (TPSA) is 75.3 Å². The van der Waals surface area contributed by atoms with E-state index < -0.39 is 5.97 Å². The third-order valence-corrected chi connectivity index (χ3v) is 3.72. The fourth-order valence-electron chi connectivity index (χ4n) is 2.50. The minimum Gasteiger partial charge on any atom is -0.506 e. The number of aromatic hydroxyl groups is 1. The molecule has 1 aromatic carbocycles. The van der Waals surface area contributed by atoms with Crippen molar-refractivity contribution in [2.24, 2.45) is 0 Å². The molecule has 2 N–H and O–H groups in total. The maximum absolute atomic E-state index is 11.2. The summed E-state index contributed by atoms with van der Waals surface area (Å²) in [6.07, 6.45) is 1.77. The summed E-state index contributed by atoms with van der Waals surface area (Å²) in [5.41, 5.74) is 2.26. The van der Waals surface area contributed by atoms with Crippen LogP contribution < -0.4 is 0 Å². The zero-order valence-electron chi connectivity index (χ0n) is 12.5. The molecule has 0 atom stereocenters. The summed E-state index contributed by atoms with van der Waals surface area (Å²) in [6.45, 7) is 6.00. The number of hydrogen-bond donors (Lipinski definition) is 2. The second-order valence-corrected chi connectivity index (χ2v) is 5.18. The molecule has 0 bridgehead atoms. The van der Waals surface area contributed by atoms with Crippen LogP contribution in [0.1, 0.15) is 54.4 Å². The number of aromatic carboxylic acids is 1. The minimum atomic E-state index is -1.06. The fourth-order valence-corrected chi connectivity index (χ4v) is 2.50. The highest BCUT2D eigenvalue weighted by molar-refractivity contribution is 5.85. The predicted octanol–water partition coefficient (Wildman–Crippen LogP) is 3.49. The number of nitrogens with zero attached hydrogens (tertiary/aromatic N) is 2. The van der Waals surface area contributed by atoms with Gasteiger partial charge >= 0.3 is 5.97 Å². The number of carboxylic acids is 1. The molecule has 2 rings (SSSR count). The van der Waals surface area contributed by atoms with E-state index in [1.165, 1.54) is 0 Å². The summed E-state index contributed by atoms with van der Waals surface area (Å²) >= 11 is 0. The molecule has 0 fully saturated rings. The maximum atomic E-state index is 11.2. The van der Waals surface area contributed by atoms with Crippen molar-refractivity contribution in [1.29, 1.82) is 0 Å². The van der Waals surface area contributed by atoms with E-state index in [4.69, 9.17) is 0 Å². The minimum absolute atomic E-state index is 0.00289. The third kappa shape index (κ3) is 2.91. The average molecular weight is 288 g/mol. The Hall–Kier alpha value is -2.30. The number of aromatic nitrogens is 2. The quantitative estimate of drug-likeness (QED) is 0.883. The lowest BCUT2D eigenvalue weighted by Gasteiger charge is -2.15. The summed E-state index contributed by atoms with van der Waals surface area (Å²) in [4.78, 5) is 11.2. The van der Waals surface area contributed by atoms with Crippen molar-refractivity contribution < 1.29 is 15.0 Å². The third-order valence-electron chi connectivity index (χ3n) is 3.72. The molecule has 0 aliphatic carbocycles. The second kappa shape index (κ2) is 5.99. The van der Waals surface area contributed by atoms with Gasteiger partial charge in [-0.25, -0.2) is 9.48 Å². The summed E-state index contributed by atoms with van der Waals surface area (Å²) in [5.74, 6) is -0.763. The Morgan fingerprint density at radius 2 is 1.95 bits per heavy atom. The molecule has 0 saturated carbocycles. The highest BCUT2D eigenvalue weighted by Crippen LogP contribution is 2.30. The predicted molar refractivity (Wildman–Crippen MR) is 80.2 cm³/mol. The first kappa shape index (κ1) is 15.1. The van der Waals surface area contributed by atoms with Crippen molar-refractivity contribution in [3.63, 3.8) is 0 Å². The zero-order valence-corrected chi connectivity index (χ0v) is 12.5. The molecule has 0 aliphatic heterocycles. The monoisotopic (exact) mass is 288 g/mol. The van der Waals surface area contributed by atoms with Crippen LogP contribution in [0.4, 0.5) is 0 Å². The summed E-state index contributed by atoms with van der Waals surface area (Å²) < 4.78 is 1.55. The zero-order chi connectivity index (χ0) is 15.6. The van der Waals surface area contributed by atoms with E-state index in [1.54, 1.807) is 22.9 Å². The van der Waals surface area contributed by atoms with Gasteiger partial charge in [0.2, 0.25) is 0 Å². The van der Waals surface area contributed by atoms with Gasteiger partial charge in [0.1, 0.15) is 11.4 Å². The molecule has 5 heteroatoms. The molecule has 0 saturated heterocycles. The Morgan fingerprint density at radius 3 is 2.48 bits per heavy atom. The van der Waals surface area contributed by atoms with E-state index >= 15 is 0 Å². The normalized spacial score (nSPS) is 11.0. The van der Waals surface area contributed by atoms with Gasteiger partial charge in [0.25, 0.3) is 0 Å². The van der Waals surface area contributed by atoms with Gasteiger partial charge in [-0.15, -0.1) is 0 Å². The molecule has 0 unspecified atom stereocenters. The molecule has 0 spiro atoms. The van der Waals surface area contributed by atoms with Crippen LogP contribution in [0.2, 0.25) is 0 Å². The lowest BCUT2D eigenvalue weighted by Crippen LogP contribution is -2.07. The second-order valence-electron chi connectivity index (χ2n) is 5.18. The van der Waals surface area contributed by atoms with E-state index in [1.807, 2.05) is 13.0 Å². The smallest absolute Gasteiger partial charge is 0.356 e. The van der Waals surface area contributed by atoms with Crippen LogP contribution in [-0.2, 0) is 0 Å². The van der Waals surface area contributed by atoms with Crippen molar-refractivity contribution in [3.8, 4) is 11.4 Å².